The summed E-state index contributed by atoms with van der Waals surface area (Å²) >= 11 is 0. The van der Waals surface area contributed by atoms with Crippen molar-refractivity contribution in [2.75, 3.05) is 6.61 Å². The van der Waals surface area contributed by atoms with Crippen molar-refractivity contribution in [2.24, 2.45) is 5.92 Å². The maximum absolute atomic E-state index is 12.8. The Hall–Kier alpha value is -2.69. The van der Waals surface area contributed by atoms with Gasteiger partial charge < -0.3 is 9.64 Å². The van der Waals surface area contributed by atoms with Gasteiger partial charge in [-0.3, -0.25) is 4.79 Å². The predicted octanol–water partition coefficient (Wildman–Crippen LogP) is 3.61. The van der Waals surface area contributed by atoms with Crippen molar-refractivity contribution in [3.8, 4) is 0 Å². The highest BCUT2D eigenvalue weighted by Crippen LogP contribution is 2.39. The molecule has 0 fully saturated rings. The third kappa shape index (κ3) is 3.27. The average molecular weight is 338 g/mol. The van der Waals surface area contributed by atoms with Gasteiger partial charge in [0.1, 0.15) is 5.69 Å². The molecule has 0 saturated carbocycles. The summed E-state index contributed by atoms with van der Waals surface area (Å²) in [5.41, 5.74) is 2.76. The fourth-order valence-electron chi connectivity index (χ4n) is 3.35. The maximum atomic E-state index is 12.8. The zero-order valence-corrected chi connectivity index (χ0v) is 14.7. The quantitative estimate of drug-likeness (QED) is 0.782. The molecule has 2 heterocycles. The second-order valence-electron chi connectivity index (χ2n) is 6.44. The molecule has 0 saturated heterocycles. The third-order valence-electron chi connectivity index (χ3n) is 4.36. The topological polar surface area (TPSA) is 59.5 Å². The van der Waals surface area contributed by atoms with Gasteiger partial charge in [-0.1, -0.05) is 38.1 Å². The van der Waals surface area contributed by atoms with Gasteiger partial charge in [-0.15, -0.1) is 0 Å². The van der Waals surface area contributed by atoms with E-state index < -0.39 is 5.97 Å². The van der Waals surface area contributed by atoms with E-state index in [9.17, 15) is 9.59 Å². The van der Waals surface area contributed by atoms with Gasteiger partial charge in [-0.2, -0.15) is 0 Å². The Labute approximate surface area is 147 Å². The Morgan fingerprint density at radius 3 is 2.68 bits per heavy atom. The number of esters is 1. The molecule has 1 atom stereocenters. The number of carbonyl (C=O) groups excluding carboxylic acids is 2. The van der Waals surface area contributed by atoms with Crippen LogP contribution in [0.5, 0.6) is 0 Å². The van der Waals surface area contributed by atoms with E-state index in [1.165, 1.54) is 0 Å². The molecule has 1 aromatic heterocycles. The molecule has 1 aliphatic rings. The summed E-state index contributed by atoms with van der Waals surface area (Å²) in [6, 6.07) is 13.0. The van der Waals surface area contributed by atoms with Crippen LogP contribution < -0.4 is 0 Å². The smallest absolute Gasteiger partial charge is 0.356 e. The first-order chi connectivity index (χ1) is 12.0. The molecule has 1 aliphatic heterocycles. The number of ether oxygens (including phenoxy) is 1. The van der Waals surface area contributed by atoms with Crippen LogP contribution in [-0.4, -0.2) is 28.4 Å². The molecule has 5 nitrogen and oxygen atoms in total. The monoisotopic (exact) mass is 338 g/mol. The number of benzene rings is 1. The Balaban J connectivity index is 1.89. The highest BCUT2D eigenvalue weighted by molar-refractivity contribution is 5.99. The van der Waals surface area contributed by atoms with Gasteiger partial charge in [0.15, 0.2) is 0 Å². The number of carbonyl (C=O) groups is 2. The lowest BCUT2D eigenvalue weighted by molar-refractivity contribution is 0.0519. The Bertz CT molecular complexity index is 801. The summed E-state index contributed by atoms with van der Waals surface area (Å²) in [7, 11) is 0. The SMILES string of the molecule is CCOC(=O)c1cccc(CN2C(=O)c3ccccc3C2C(C)C)n1. The van der Waals surface area contributed by atoms with Gasteiger partial charge in [-0.05, 0) is 36.6 Å². The van der Waals surface area contributed by atoms with Crippen LogP contribution in [0.2, 0.25) is 0 Å². The lowest BCUT2D eigenvalue weighted by Crippen LogP contribution is -2.30. The fraction of sp³-hybridized carbons (Fsp3) is 0.350. The fourth-order valence-corrected chi connectivity index (χ4v) is 3.35. The van der Waals surface area contributed by atoms with Crippen LogP contribution in [0.25, 0.3) is 0 Å². The van der Waals surface area contributed by atoms with Gasteiger partial charge in [0, 0.05) is 5.56 Å². The van der Waals surface area contributed by atoms with Crippen LogP contribution in [0.3, 0.4) is 0 Å². The zero-order valence-electron chi connectivity index (χ0n) is 14.7. The highest BCUT2D eigenvalue weighted by Gasteiger charge is 2.38. The van der Waals surface area contributed by atoms with Crippen molar-refractivity contribution >= 4 is 11.9 Å². The number of nitrogens with zero attached hydrogens (tertiary/aromatic N) is 2. The van der Waals surface area contributed by atoms with E-state index in [0.29, 0.717) is 18.8 Å². The van der Waals surface area contributed by atoms with E-state index >= 15 is 0 Å². The molecule has 1 unspecified atom stereocenters. The summed E-state index contributed by atoms with van der Waals surface area (Å²) in [4.78, 5) is 30.9. The minimum atomic E-state index is -0.444. The summed E-state index contributed by atoms with van der Waals surface area (Å²) in [5.74, 6) is -0.153. The summed E-state index contributed by atoms with van der Waals surface area (Å²) < 4.78 is 5.00. The summed E-state index contributed by atoms with van der Waals surface area (Å²) in [6.07, 6.45) is 0. The molecular weight excluding hydrogens is 316 g/mol. The summed E-state index contributed by atoms with van der Waals surface area (Å²) in [5, 5.41) is 0. The minimum absolute atomic E-state index is 0.0109. The van der Waals surface area contributed by atoms with Crippen LogP contribution >= 0.6 is 0 Å². The van der Waals surface area contributed by atoms with E-state index in [1.807, 2.05) is 35.2 Å². The molecule has 25 heavy (non-hydrogen) atoms. The lowest BCUT2D eigenvalue weighted by atomic mass is 9.95. The van der Waals surface area contributed by atoms with Gasteiger partial charge in [0.2, 0.25) is 0 Å². The molecular formula is C20H22N2O3. The first-order valence-electron chi connectivity index (χ1n) is 8.56. The molecule has 1 amide bonds. The minimum Gasteiger partial charge on any atom is -0.461 e. The van der Waals surface area contributed by atoms with Crippen molar-refractivity contribution in [3.63, 3.8) is 0 Å². The molecule has 1 aromatic carbocycles. The van der Waals surface area contributed by atoms with Gasteiger partial charge in [-0.25, -0.2) is 9.78 Å². The average Bonchev–Trinajstić information content (AvgIpc) is 2.88. The van der Waals surface area contributed by atoms with Crippen LogP contribution in [0.1, 0.15) is 58.9 Å². The molecule has 0 spiro atoms. The van der Waals surface area contributed by atoms with Gasteiger partial charge in [0.25, 0.3) is 5.91 Å². The van der Waals surface area contributed by atoms with E-state index in [0.717, 1.165) is 11.1 Å². The number of pyridine rings is 1. The van der Waals surface area contributed by atoms with Crippen molar-refractivity contribution in [1.29, 1.82) is 0 Å². The van der Waals surface area contributed by atoms with Gasteiger partial charge >= 0.3 is 5.97 Å². The molecule has 130 valence electrons. The van der Waals surface area contributed by atoms with Crippen molar-refractivity contribution in [1.82, 2.24) is 9.88 Å². The molecule has 0 radical (unpaired) electrons. The van der Waals surface area contributed by atoms with E-state index in [-0.39, 0.29) is 23.6 Å². The molecule has 3 rings (SSSR count). The Kier molecular flexibility index (Phi) is 4.83. The van der Waals surface area contributed by atoms with Crippen molar-refractivity contribution in [3.05, 3.63) is 65.0 Å². The standard InChI is InChI=1S/C20H22N2O3/c1-4-25-20(24)17-11-7-8-14(21-17)12-22-18(13(2)3)15-9-5-6-10-16(15)19(22)23/h5-11,13,18H,4,12H2,1-3H3. The van der Waals surface area contributed by atoms with E-state index in [1.54, 1.807) is 19.1 Å². The Morgan fingerprint density at radius 2 is 1.96 bits per heavy atom. The number of rotatable bonds is 5. The second kappa shape index (κ2) is 7.05. The van der Waals surface area contributed by atoms with Crippen LogP contribution in [-0.2, 0) is 11.3 Å². The second-order valence-corrected chi connectivity index (χ2v) is 6.44. The van der Waals surface area contributed by atoms with E-state index in [4.69, 9.17) is 4.74 Å². The molecule has 5 heteroatoms. The first-order valence-corrected chi connectivity index (χ1v) is 8.56. The zero-order chi connectivity index (χ0) is 18.0. The Morgan fingerprint density at radius 1 is 1.20 bits per heavy atom. The number of aromatic nitrogens is 1. The third-order valence-corrected chi connectivity index (χ3v) is 4.36. The van der Waals surface area contributed by atoms with Crippen LogP contribution in [0.4, 0.5) is 0 Å². The normalized spacial score (nSPS) is 16.2. The summed E-state index contributed by atoms with van der Waals surface area (Å²) in [6.45, 7) is 6.64. The van der Waals surface area contributed by atoms with Crippen molar-refractivity contribution < 1.29 is 14.3 Å². The predicted molar refractivity (Wildman–Crippen MR) is 94.1 cm³/mol. The highest BCUT2D eigenvalue weighted by atomic mass is 16.5. The number of hydrogen-bond acceptors (Lipinski definition) is 4. The van der Waals surface area contributed by atoms with Gasteiger partial charge in [0.05, 0.1) is 24.9 Å². The van der Waals surface area contributed by atoms with Crippen LogP contribution in [0.15, 0.2) is 42.5 Å². The maximum Gasteiger partial charge on any atom is 0.356 e. The largest absolute Gasteiger partial charge is 0.461 e. The molecule has 2 aromatic rings. The first kappa shape index (κ1) is 17.1. The number of hydrogen-bond donors (Lipinski definition) is 0. The lowest BCUT2D eigenvalue weighted by Gasteiger charge is -2.28. The van der Waals surface area contributed by atoms with Crippen molar-refractivity contribution in [2.45, 2.75) is 33.4 Å². The van der Waals surface area contributed by atoms with Crippen LogP contribution in [0, 0.1) is 5.92 Å². The molecule has 0 aliphatic carbocycles. The number of fused-ring (bicyclic) bond motifs is 1. The molecule has 0 bridgehead atoms. The number of amides is 1. The van der Waals surface area contributed by atoms with E-state index in [2.05, 4.69) is 18.8 Å². The molecule has 0 N–H and O–H groups in total.